The number of hydrogen-bond acceptors (Lipinski definition) is 5. The van der Waals surface area contributed by atoms with Gasteiger partial charge in [0.25, 0.3) is 0 Å². The summed E-state index contributed by atoms with van der Waals surface area (Å²) in [5, 5.41) is 5.96. The van der Waals surface area contributed by atoms with Gasteiger partial charge in [0.2, 0.25) is 5.91 Å². The fourth-order valence-corrected chi connectivity index (χ4v) is 4.49. The Morgan fingerprint density at radius 2 is 1.88 bits per heavy atom. The van der Waals surface area contributed by atoms with Gasteiger partial charge >= 0.3 is 0 Å². The van der Waals surface area contributed by atoms with E-state index in [4.69, 9.17) is 4.74 Å². The lowest BCUT2D eigenvalue weighted by Crippen LogP contribution is -2.57. The molecule has 1 amide bonds. The summed E-state index contributed by atoms with van der Waals surface area (Å²) in [5.74, 6) is -0.402. The second-order valence-electron chi connectivity index (χ2n) is 6.52. The summed E-state index contributed by atoms with van der Waals surface area (Å²) >= 11 is 0. The van der Waals surface area contributed by atoms with E-state index in [1.54, 1.807) is 0 Å². The highest BCUT2D eigenvalue weighted by molar-refractivity contribution is 7.92. The lowest BCUT2D eigenvalue weighted by molar-refractivity contribution is -0.124. The van der Waals surface area contributed by atoms with E-state index in [1.165, 1.54) is 0 Å². The molecule has 1 heterocycles. The molecule has 1 fully saturated rings. The van der Waals surface area contributed by atoms with Crippen molar-refractivity contribution in [2.24, 2.45) is 0 Å². The summed E-state index contributed by atoms with van der Waals surface area (Å²) in [5.41, 5.74) is 1.96. The summed E-state index contributed by atoms with van der Waals surface area (Å²) in [6.45, 7) is 4.58. The Morgan fingerprint density at radius 3 is 2.48 bits per heavy atom. The average Bonchev–Trinajstić information content (AvgIpc) is 2.60. The molecule has 1 aliphatic heterocycles. The Balaban J connectivity index is 2.08. The highest BCUT2D eigenvalue weighted by atomic mass is 32.2. The van der Waals surface area contributed by atoms with Gasteiger partial charge in [-0.05, 0) is 43.5 Å². The first-order valence-electron chi connectivity index (χ1n) is 8.74. The molecule has 1 aromatic rings. The molecule has 0 aromatic heterocycles. The number of benzene rings is 1. The van der Waals surface area contributed by atoms with Crippen LogP contribution >= 0.6 is 0 Å². The first-order valence-corrected chi connectivity index (χ1v) is 10.6. The number of hydrogen-bond donors (Lipinski definition) is 2. The molecule has 6 nitrogen and oxygen atoms in total. The number of amides is 1. The molecular formula is C18H28N2O4S. The molecule has 25 heavy (non-hydrogen) atoms. The minimum Gasteiger partial charge on any atom is -0.377 e. The van der Waals surface area contributed by atoms with Crippen LogP contribution in [0.25, 0.3) is 0 Å². The molecule has 2 rings (SSSR count). The summed E-state index contributed by atoms with van der Waals surface area (Å²) in [6.07, 6.45) is 2.71. The standard InChI is InChI=1S/C18H28N2O4S/c1-3-12-24-14-16-7-5-4-6-15(16)13-20-17(21)18(25(2,22)23)8-10-19-11-9-18/h4-7,19H,3,8-14H2,1-2H3,(H,20,21). The van der Waals surface area contributed by atoms with Crippen LogP contribution in [-0.2, 0) is 32.5 Å². The molecule has 1 saturated heterocycles. The van der Waals surface area contributed by atoms with Crippen LogP contribution in [0.2, 0.25) is 0 Å². The summed E-state index contributed by atoms with van der Waals surface area (Å²) < 4.78 is 28.8. The Hall–Kier alpha value is -1.44. The molecule has 1 aromatic carbocycles. The van der Waals surface area contributed by atoms with E-state index in [9.17, 15) is 13.2 Å². The smallest absolute Gasteiger partial charge is 0.241 e. The first-order chi connectivity index (χ1) is 11.9. The van der Waals surface area contributed by atoms with Gasteiger partial charge in [0, 0.05) is 19.4 Å². The lowest BCUT2D eigenvalue weighted by Gasteiger charge is -2.34. The fourth-order valence-electron chi connectivity index (χ4n) is 3.13. The van der Waals surface area contributed by atoms with Crippen LogP contribution in [0.1, 0.15) is 37.3 Å². The van der Waals surface area contributed by atoms with Gasteiger partial charge in [0.05, 0.1) is 6.61 Å². The number of piperidine rings is 1. The van der Waals surface area contributed by atoms with Crippen LogP contribution < -0.4 is 10.6 Å². The van der Waals surface area contributed by atoms with E-state index in [0.717, 1.165) is 23.8 Å². The Bertz CT molecular complexity index is 682. The van der Waals surface area contributed by atoms with E-state index < -0.39 is 20.5 Å². The maximum absolute atomic E-state index is 12.8. The molecule has 2 N–H and O–H groups in total. The number of carbonyl (C=O) groups excluding carboxylic acids is 1. The van der Waals surface area contributed by atoms with Crippen molar-refractivity contribution in [3.8, 4) is 0 Å². The minimum absolute atomic E-state index is 0.301. The van der Waals surface area contributed by atoms with Crippen molar-refractivity contribution in [3.05, 3.63) is 35.4 Å². The number of carbonyl (C=O) groups is 1. The van der Waals surface area contributed by atoms with Crippen molar-refractivity contribution in [1.82, 2.24) is 10.6 Å². The quantitative estimate of drug-likeness (QED) is 0.678. The number of ether oxygens (including phenoxy) is 1. The second-order valence-corrected chi connectivity index (χ2v) is 8.85. The van der Waals surface area contributed by atoms with E-state index in [1.807, 2.05) is 24.3 Å². The van der Waals surface area contributed by atoms with Gasteiger partial charge in [0.15, 0.2) is 14.6 Å². The van der Waals surface area contributed by atoms with E-state index in [-0.39, 0.29) is 0 Å². The zero-order valence-electron chi connectivity index (χ0n) is 15.0. The van der Waals surface area contributed by atoms with Gasteiger partial charge in [-0.1, -0.05) is 31.2 Å². The molecule has 0 bridgehead atoms. The molecule has 0 atom stereocenters. The zero-order chi connectivity index (χ0) is 18.3. The predicted molar refractivity (Wildman–Crippen MR) is 97.9 cm³/mol. The third-order valence-corrected chi connectivity index (χ3v) is 6.71. The van der Waals surface area contributed by atoms with Gasteiger partial charge in [-0.15, -0.1) is 0 Å². The van der Waals surface area contributed by atoms with Crippen LogP contribution in [0.3, 0.4) is 0 Å². The predicted octanol–water partition coefficient (Wildman–Crippen LogP) is 1.40. The highest BCUT2D eigenvalue weighted by Crippen LogP contribution is 2.28. The van der Waals surface area contributed by atoms with Crippen molar-refractivity contribution in [3.63, 3.8) is 0 Å². The number of nitrogens with one attached hydrogen (secondary N) is 2. The van der Waals surface area contributed by atoms with E-state index in [0.29, 0.717) is 45.7 Å². The third kappa shape index (κ3) is 4.80. The molecule has 1 aliphatic rings. The third-order valence-electron chi connectivity index (χ3n) is 4.70. The maximum atomic E-state index is 12.8. The largest absolute Gasteiger partial charge is 0.377 e. The second kappa shape index (κ2) is 8.78. The van der Waals surface area contributed by atoms with Crippen LogP contribution in [0.15, 0.2) is 24.3 Å². The van der Waals surface area contributed by atoms with Gasteiger partial charge in [-0.3, -0.25) is 4.79 Å². The SMILES string of the molecule is CCCOCc1ccccc1CNC(=O)C1(S(C)(=O)=O)CCNCC1. The van der Waals surface area contributed by atoms with Crippen LogP contribution in [0.5, 0.6) is 0 Å². The summed E-state index contributed by atoms with van der Waals surface area (Å²) in [4.78, 5) is 12.8. The van der Waals surface area contributed by atoms with Crippen LogP contribution in [-0.4, -0.2) is 45.0 Å². The molecule has 0 spiro atoms. The van der Waals surface area contributed by atoms with Crippen molar-refractivity contribution in [1.29, 1.82) is 0 Å². The molecule has 0 radical (unpaired) electrons. The summed E-state index contributed by atoms with van der Waals surface area (Å²) in [6, 6.07) is 7.73. The van der Waals surface area contributed by atoms with E-state index in [2.05, 4.69) is 17.6 Å². The van der Waals surface area contributed by atoms with Gasteiger partial charge in [-0.2, -0.15) is 0 Å². The van der Waals surface area contributed by atoms with Gasteiger partial charge in [0.1, 0.15) is 0 Å². The van der Waals surface area contributed by atoms with Crippen molar-refractivity contribution < 1.29 is 17.9 Å². The molecule has 140 valence electrons. The Morgan fingerprint density at radius 1 is 1.24 bits per heavy atom. The number of rotatable bonds is 8. The van der Waals surface area contributed by atoms with Gasteiger partial charge < -0.3 is 15.4 Å². The lowest BCUT2D eigenvalue weighted by atomic mass is 9.95. The molecular weight excluding hydrogens is 340 g/mol. The molecule has 0 unspecified atom stereocenters. The molecule has 0 aliphatic carbocycles. The Labute approximate surface area is 150 Å². The van der Waals surface area contributed by atoms with Crippen LogP contribution in [0.4, 0.5) is 0 Å². The van der Waals surface area contributed by atoms with Gasteiger partial charge in [-0.25, -0.2) is 8.42 Å². The average molecular weight is 368 g/mol. The normalized spacial score (nSPS) is 17.2. The maximum Gasteiger partial charge on any atom is 0.241 e. The highest BCUT2D eigenvalue weighted by Gasteiger charge is 2.48. The Kier molecular flexibility index (Phi) is 6.98. The molecule has 7 heteroatoms. The van der Waals surface area contributed by atoms with Crippen LogP contribution in [0, 0.1) is 0 Å². The van der Waals surface area contributed by atoms with E-state index >= 15 is 0 Å². The first kappa shape index (κ1) is 19.9. The monoisotopic (exact) mass is 368 g/mol. The van der Waals surface area contributed by atoms with Crippen molar-refractivity contribution >= 4 is 15.7 Å². The zero-order valence-corrected chi connectivity index (χ0v) is 15.8. The number of sulfone groups is 1. The summed E-state index contributed by atoms with van der Waals surface area (Å²) in [7, 11) is -3.50. The topological polar surface area (TPSA) is 84.5 Å². The molecule has 0 saturated carbocycles. The van der Waals surface area contributed by atoms with Crippen molar-refractivity contribution in [2.75, 3.05) is 26.0 Å². The fraction of sp³-hybridized carbons (Fsp3) is 0.611. The van der Waals surface area contributed by atoms with Crippen molar-refractivity contribution in [2.45, 2.75) is 44.1 Å². The minimum atomic E-state index is -3.50.